The standard InChI is InChI=1S/C11H16BrN5/c1-3-13-9(11-14-5-6-15-11)10-8(12)7-16-17(10)4-2/h5-7,9,13H,3-4H2,1-2H3,(H,14,15). The molecule has 0 aliphatic heterocycles. The minimum atomic E-state index is 0.0341. The van der Waals surface area contributed by atoms with E-state index in [9.17, 15) is 0 Å². The summed E-state index contributed by atoms with van der Waals surface area (Å²) in [5.41, 5.74) is 1.10. The van der Waals surface area contributed by atoms with Crippen LogP contribution in [0.2, 0.25) is 0 Å². The third kappa shape index (κ3) is 2.42. The molecule has 1 unspecified atom stereocenters. The van der Waals surface area contributed by atoms with Crippen molar-refractivity contribution in [2.24, 2.45) is 0 Å². The Hall–Kier alpha value is -1.14. The van der Waals surface area contributed by atoms with Crippen LogP contribution < -0.4 is 5.32 Å². The second-order valence-electron chi connectivity index (χ2n) is 3.66. The van der Waals surface area contributed by atoms with Crippen LogP contribution in [0.15, 0.2) is 23.1 Å². The zero-order valence-corrected chi connectivity index (χ0v) is 11.5. The van der Waals surface area contributed by atoms with Crippen LogP contribution in [0.5, 0.6) is 0 Å². The van der Waals surface area contributed by atoms with Gasteiger partial charge in [-0.15, -0.1) is 0 Å². The maximum Gasteiger partial charge on any atom is 0.129 e. The van der Waals surface area contributed by atoms with Crippen LogP contribution >= 0.6 is 15.9 Å². The topological polar surface area (TPSA) is 58.5 Å². The Balaban J connectivity index is 2.42. The monoisotopic (exact) mass is 297 g/mol. The molecule has 0 radical (unpaired) electrons. The maximum atomic E-state index is 4.34. The van der Waals surface area contributed by atoms with E-state index in [1.807, 2.05) is 17.1 Å². The van der Waals surface area contributed by atoms with Crippen molar-refractivity contribution in [3.63, 3.8) is 0 Å². The predicted octanol–water partition coefficient (Wildman–Crippen LogP) is 2.09. The van der Waals surface area contributed by atoms with E-state index < -0.39 is 0 Å². The van der Waals surface area contributed by atoms with Gasteiger partial charge in [0.25, 0.3) is 0 Å². The van der Waals surface area contributed by atoms with Gasteiger partial charge in [-0.2, -0.15) is 5.10 Å². The van der Waals surface area contributed by atoms with Gasteiger partial charge in [-0.05, 0) is 29.4 Å². The summed E-state index contributed by atoms with van der Waals surface area (Å²) in [6.45, 7) is 5.86. The summed E-state index contributed by atoms with van der Waals surface area (Å²) in [4.78, 5) is 7.48. The molecule has 17 heavy (non-hydrogen) atoms. The Bertz CT molecular complexity index is 462. The van der Waals surface area contributed by atoms with E-state index in [1.165, 1.54) is 0 Å². The SMILES string of the molecule is CCNC(c1ncc[nH]1)c1c(Br)cnn1CC. The molecule has 0 amide bonds. The van der Waals surface area contributed by atoms with Crippen molar-refractivity contribution in [1.82, 2.24) is 25.1 Å². The molecule has 2 aromatic heterocycles. The molecule has 2 N–H and O–H groups in total. The number of nitrogens with zero attached hydrogens (tertiary/aromatic N) is 3. The van der Waals surface area contributed by atoms with E-state index in [-0.39, 0.29) is 6.04 Å². The number of hydrogen-bond donors (Lipinski definition) is 2. The van der Waals surface area contributed by atoms with Gasteiger partial charge in [0, 0.05) is 18.9 Å². The number of aryl methyl sites for hydroxylation is 1. The molecule has 6 heteroatoms. The summed E-state index contributed by atoms with van der Waals surface area (Å²) in [5, 5.41) is 7.75. The second kappa shape index (κ2) is 5.46. The minimum Gasteiger partial charge on any atom is -0.347 e. The van der Waals surface area contributed by atoms with Crippen LogP contribution in [0.1, 0.15) is 31.4 Å². The highest BCUT2D eigenvalue weighted by Gasteiger charge is 2.22. The van der Waals surface area contributed by atoms with Crippen LogP contribution in [0, 0.1) is 0 Å². The summed E-state index contributed by atoms with van der Waals surface area (Å²) in [6, 6.07) is 0.0341. The summed E-state index contributed by atoms with van der Waals surface area (Å²) in [5.74, 6) is 0.905. The van der Waals surface area contributed by atoms with Crippen LogP contribution in [0.4, 0.5) is 0 Å². The highest BCUT2D eigenvalue weighted by Crippen LogP contribution is 2.26. The van der Waals surface area contributed by atoms with Crippen molar-refractivity contribution in [2.45, 2.75) is 26.4 Å². The Morgan fingerprint density at radius 2 is 2.35 bits per heavy atom. The van der Waals surface area contributed by atoms with Crippen LogP contribution in [-0.4, -0.2) is 26.3 Å². The molecule has 2 rings (SSSR count). The minimum absolute atomic E-state index is 0.0341. The quantitative estimate of drug-likeness (QED) is 0.888. The fourth-order valence-electron chi connectivity index (χ4n) is 1.87. The van der Waals surface area contributed by atoms with Crippen LogP contribution in [0.3, 0.4) is 0 Å². The molecule has 0 saturated carbocycles. The van der Waals surface area contributed by atoms with E-state index in [2.05, 4.69) is 50.2 Å². The van der Waals surface area contributed by atoms with Gasteiger partial charge in [0.15, 0.2) is 0 Å². The Morgan fingerprint density at radius 3 is 2.94 bits per heavy atom. The normalized spacial score (nSPS) is 12.9. The lowest BCUT2D eigenvalue weighted by Gasteiger charge is -2.17. The largest absolute Gasteiger partial charge is 0.347 e. The van der Waals surface area contributed by atoms with Gasteiger partial charge in [-0.1, -0.05) is 6.92 Å². The van der Waals surface area contributed by atoms with E-state index in [4.69, 9.17) is 0 Å². The third-order valence-electron chi connectivity index (χ3n) is 2.61. The molecule has 0 fully saturated rings. The summed E-state index contributed by atoms with van der Waals surface area (Å²) < 4.78 is 2.97. The van der Waals surface area contributed by atoms with E-state index >= 15 is 0 Å². The third-order valence-corrected chi connectivity index (χ3v) is 3.22. The highest BCUT2D eigenvalue weighted by molar-refractivity contribution is 9.10. The number of aromatic nitrogens is 4. The smallest absolute Gasteiger partial charge is 0.129 e. The number of imidazole rings is 1. The van der Waals surface area contributed by atoms with Crippen molar-refractivity contribution in [3.05, 3.63) is 34.6 Å². The summed E-state index contributed by atoms with van der Waals surface area (Å²) >= 11 is 3.55. The summed E-state index contributed by atoms with van der Waals surface area (Å²) in [7, 11) is 0. The van der Waals surface area contributed by atoms with Gasteiger partial charge in [0.2, 0.25) is 0 Å². The molecule has 0 aromatic carbocycles. The fourth-order valence-corrected chi connectivity index (χ4v) is 2.40. The molecule has 0 saturated heterocycles. The average molecular weight is 298 g/mol. The number of aromatic amines is 1. The second-order valence-corrected chi connectivity index (χ2v) is 4.51. The van der Waals surface area contributed by atoms with Gasteiger partial charge in [0.05, 0.1) is 16.4 Å². The van der Waals surface area contributed by atoms with E-state index in [1.54, 1.807) is 6.20 Å². The van der Waals surface area contributed by atoms with Gasteiger partial charge in [-0.3, -0.25) is 4.68 Å². The maximum absolute atomic E-state index is 4.34. The lowest BCUT2D eigenvalue weighted by atomic mass is 10.2. The lowest BCUT2D eigenvalue weighted by molar-refractivity contribution is 0.526. The number of nitrogens with one attached hydrogen (secondary N) is 2. The molecule has 0 aliphatic carbocycles. The van der Waals surface area contributed by atoms with Gasteiger partial charge in [-0.25, -0.2) is 4.98 Å². The molecule has 1 atom stereocenters. The van der Waals surface area contributed by atoms with Crippen molar-refractivity contribution in [2.75, 3.05) is 6.54 Å². The molecule has 0 bridgehead atoms. The van der Waals surface area contributed by atoms with Gasteiger partial charge < -0.3 is 10.3 Å². The predicted molar refractivity (Wildman–Crippen MR) is 69.7 cm³/mol. The Morgan fingerprint density at radius 1 is 1.53 bits per heavy atom. The number of halogens is 1. The first-order valence-electron chi connectivity index (χ1n) is 5.71. The van der Waals surface area contributed by atoms with E-state index in [0.717, 1.165) is 29.1 Å². The number of rotatable bonds is 5. The van der Waals surface area contributed by atoms with E-state index in [0.29, 0.717) is 0 Å². The molecular weight excluding hydrogens is 282 g/mol. The molecule has 2 heterocycles. The van der Waals surface area contributed by atoms with Crippen molar-refractivity contribution in [1.29, 1.82) is 0 Å². The Kier molecular flexibility index (Phi) is 3.96. The summed E-state index contributed by atoms with van der Waals surface area (Å²) in [6.07, 6.45) is 5.42. The first-order chi connectivity index (χ1) is 8.27. The molecule has 5 nitrogen and oxygen atoms in total. The first kappa shape index (κ1) is 12.3. The Labute approximate surface area is 109 Å². The van der Waals surface area contributed by atoms with Crippen molar-refractivity contribution < 1.29 is 0 Å². The molecule has 0 spiro atoms. The van der Waals surface area contributed by atoms with Crippen LogP contribution in [0.25, 0.3) is 0 Å². The zero-order valence-electron chi connectivity index (χ0n) is 9.94. The highest BCUT2D eigenvalue weighted by atomic mass is 79.9. The first-order valence-corrected chi connectivity index (χ1v) is 6.51. The fraction of sp³-hybridized carbons (Fsp3) is 0.455. The van der Waals surface area contributed by atoms with Gasteiger partial charge >= 0.3 is 0 Å². The number of hydrogen-bond acceptors (Lipinski definition) is 3. The lowest BCUT2D eigenvalue weighted by Crippen LogP contribution is -2.26. The van der Waals surface area contributed by atoms with Crippen molar-refractivity contribution >= 4 is 15.9 Å². The zero-order chi connectivity index (χ0) is 12.3. The molecule has 0 aliphatic rings. The molecule has 2 aromatic rings. The van der Waals surface area contributed by atoms with Crippen LogP contribution in [-0.2, 0) is 6.54 Å². The van der Waals surface area contributed by atoms with Crippen molar-refractivity contribution in [3.8, 4) is 0 Å². The average Bonchev–Trinajstić information content (AvgIpc) is 2.95. The molecule has 92 valence electrons. The van der Waals surface area contributed by atoms with Gasteiger partial charge in [0.1, 0.15) is 11.9 Å². The number of H-pyrrole nitrogens is 1. The molecular formula is C11H16BrN5.